The van der Waals surface area contributed by atoms with Crippen molar-refractivity contribution >= 4 is 45.3 Å². The van der Waals surface area contributed by atoms with E-state index < -0.39 is 0 Å². The summed E-state index contributed by atoms with van der Waals surface area (Å²) in [6.07, 6.45) is 1.50. The van der Waals surface area contributed by atoms with Gasteiger partial charge in [0.1, 0.15) is 16.9 Å². The number of hydroxylamine groups is 1. The zero-order chi connectivity index (χ0) is 27.4. The quantitative estimate of drug-likeness (QED) is 0.163. The predicted molar refractivity (Wildman–Crippen MR) is 151 cm³/mol. The van der Waals surface area contributed by atoms with Crippen molar-refractivity contribution in [1.82, 2.24) is 26.0 Å². The first-order chi connectivity index (χ1) is 18.9. The SMILES string of the molecule is Cc1ccc2c(c1)N(O)NC(=NCCCNCCCNC(=O)c1cccc3nc4cccc(C)c4nc13)N2O. The number of aryl methyl sites for hydroxylation is 2. The van der Waals surface area contributed by atoms with E-state index in [4.69, 9.17) is 4.98 Å². The van der Waals surface area contributed by atoms with Gasteiger partial charge < -0.3 is 10.6 Å². The summed E-state index contributed by atoms with van der Waals surface area (Å²) in [7, 11) is 0. The van der Waals surface area contributed by atoms with E-state index in [2.05, 4.69) is 26.0 Å². The Labute approximate surface area is 226 Å². The molecule has 0 fully saturated rings. The Morgan fingerprint density at radius 3 is 2.54 bits per heavy atom. The van der Waals surface area contributed by atoms with Crippen molar-refractivity contribution in [3.05, 3.63) is 71.3 Å². The number of fused-ring (bicyclic) bond motifs is 3. The molecule has 2 heterocycles. The Bertz CT molecular complexity index is 1540. The van der Waals surface area contributed by atoms with E-state index in [0.717, 1.165) is 58.3 Å². The molecular weight excluding hydrogens is 496 g/mol. The third kappa shape index (κ3) is 5.75. The highest BCUT2D eigenvalue weighted by atomic mass is 16.6. The molecule has 11 heteroatoms. The van der Waals surface area contributed by atoms with Gasteiger partial charge in [-0.25, -0.2) is 20.4 Å². The van der Waals surface area contributed by atoms with Crippen LogP contribution in [0, 0.1) is 13.8 Å². The Hall–Kier alpha value is -4.32. The van der Waals surface area contributed by atoms with E-state index in [1.54, 1.807) is 18.2 Å². The first-order valence-corrected chi connectivity index (χ1v) is 13.0. The molecule has 11 nitrogen and oxygen atoms in total. The lowest BCUT2D eigenvalue weighted by molar-refractivity contribution is 0.0954. The molecule has 1 aliphatic rings. The molecule has 0 bridgehead atoms. The molecular formula is C28H32N8O3. The third-order valence-corrected chi connectivity index (χ3v) is 6.52. The predicted octanol–water partition coefficient (Wildman–Crippen LogP) is 3.47. The monoisotopic (exact) mass is 528 g/mol. The number of guanidine groups is 1. The topological polar surface area (TPSA) is 138 Å². The number of aromatic nitrogens is 2. The maximum atomic E-state index is 12.9. The minimum Gasteiger partial charge on any atom is -0.352 e. The van der Waals surface area contributed by atoms with Gasteiger partial charge in [0, 0.05) is 13.1 Å². The maximum Gasteiger partial charge on any atom is 0.253 e. The summed E-state index contributed by atoms with van der Waals surface area (Å²) in [5, 5.41) is 28.7. The van der Waals surface area contributed by atoms with E-state index in [1.807, 2.05) is 50.2 Å². The fraction of sp³-hybridized carbons (Fsp3) is 0.286. The minimum atomic E-state index is -0.165. The summed E-state index contributed by atoms with van der Waals surface area (Å²) < 4.78 is 0. The normalized spacial score (nSPS) is 14.1. The van der Waals surface area contributed by atoms with Crippen LogP contribution in [0.15, 0.2) is 59.6 Å². The van der Waals surface area contributed by atoms with E-state index in [-0.39, 0.29) is 11.9 Å². The minimum absolute atomic E-state index is 0.151. The molecule has 202 valence electrons. The largest absolute Gasteiger partial charge is 0.352 e. The molecule has 0 atom stereocenters. The zero-order valence-corrected chi connectivity index (χ0v) is 22.0. The first-order valence-electron chi connectivity index (χ1n) is 13.0. The average Bonchev–Trinajstić information content (AvgIpc) is 2.93. The Morgan fingerprint density at radius 2 is 1.69 bits per heavy atom. The number of aliphatic imine (C=N–C) groups is 1. The molecule has 0 spiro atoms. The standard InChI is InChI=1S/C28H32N8O3/c1-18-11-12-23-24(17-18)36(39)34-28(35(23)38)31-16-6-14-29-13-5-15-30-27(37)20-8-4-10-22-26(20)33-25-19(2)7-3-9-21(25)32-22/h3-4,7-12,17,29,38-39H,5-6,13-16H2,1-2H3,(H,30,37)(H,31,34). The Morgan fingerprint density at radius 1 is 0.923 bits per heavy atom. The summed E-state index contributed by atoms with van der Waals surface area (Å²) in [4.78, 5) is 26.7. The van der Waals surface area contributed by atoms with Crippen molar-refractivity contribution < 1.29 is 15.2 Å². The van der Waals surface area contributed by atoms with Crippen molar-refractivity contribution in [2.75, 3.05) is 36.4 Å². The van der Waals surface area contributed by atoms with Gasteiger partial charge in [-0.2, -0.15) is 10.2 Å². The zero-order valence-electron chi connectivity index (χ0n) is 22.0. The van der Waals surface area contributed by atoms with Crippen LogP contribution in [-0.4, -0.2) is 58.4 Å². The number of amides is 1. The Balaban J connectivity index is 1.05. The van der Waals surface area contributed by atoms with Crippen LogP contribution in [0.2, 0.25) is 0 Å². The first kappa shape index (κ1) is 26.3. The highest BCUT2D eigenvalue weighted by molar-refractivity contribution is 6.06. The van der Waals surface area contributed by atoms with Gasteiger partial charge in [-0.3, -0.25) is 15.2 Å². The number of rotatable bonds is 9. The van der Waals surface area contributed by atoms with Crippen LogP contribution < -0.4 is 26.3 Å². The second-order valence-electron chi connectivity index (χ2n) is 9.49. The van der Waals surface area contributed by atoms with E-state index in [1.165, 1.54) is 0 Å². The molecule has 1 amide bonds. The van der Waals surface area contributed by atoms with Crippen molar-refractivity contribution in [2.45, 2.75) is 26.7 Å². The van der Waals surface area contributed by atoms with Gasteiger partial charge in [-0.05, 0) is 81.2 Å². The van der Waals surface area contributed by atoms with E-state index in [9.17, 15) is 15.2 Å². The van der Waals surface area contributed by atoms with Crippen LogP contribution in [0.4, 0.5) is 11.4 Å². The number of carbonyl (C=O) groups excluding carboxylic acids is 1. The number of hydrogen-bond donors (Lipinski definition) is 5. The number of nitrogens with zero attached hydrogens (tertiary/aromatic N) is 5. The molecule has 0 radical (unpaired) electrons. The van der Waals surface area contributed by atoms with Crippen LogP contribution >= 0.6 is 0 Å². The number of carbonyl (C=O) groups is 1. The van der Waals surface area contributed by atoms with Crippen LogP contribution in [-0.2, 0) is 0 Å². The van der Waals surface area contributed by atoms with Crippen molar-refractivity contribution in [3.8, 4) is 0 Å². The van der Waals surface area contributed by atoms with Gasteiger partial charge in [0.05, 0.1) is 22.1 Å². The van der Waals surface area contributed by atoms with Gasteiger partial charge in [0.25, 0.3) is 5.91 Å². The fourth-order valence-electron chi connectivity index (χ4n) is 4.47. The maximum absolute atomic E-state index is 12.9. The summed E-state index contributed by atoms with van der Waals surface area (Å²) in [5.41, 5.74) is 8.98. The van der Waals surface area contributed by atoms with Crippen LogP contribution in [0.25, 0.3) is 22.1 Å². The highest BCUT2D eigenvalue weighted by Gasteiger charge is 2.25. The molecule has 0 saturated heterocycles. The number of hydrogen-bond acceptors (Lipinski definition) is 8. The smallest absolute Gasteiger partial charge is 0.253 e. The fourth-order valence-corrected chi connectivity index (χ4v) is 4.47. The molecule has 1 aromatic heterocycles. The summed E-state index contributed by atoms with van der Waals surface area (Å²) >= 11 is 0. The van der Waals surface area contributed by atoms with Gasteiger partial charge in [-0.1, -0.05) is 24.3 Å². The second-order valence-corrected chi connectivity index (χ2v) is 9.49. The molecule has 39 heavy (non-hydrogen) atoms. The molecule has 5 N–H and O–H groups in total. The van der Waals surface area contributed by atoms with Crippen molar-refractivity contribution in [3.63, 3.8) is 0 Å². The average molecular weight is 529 g/mol. The van der Waals surface area contributed by atoms with Gasteiger partial charge in [-0.15, -0.1) is 0 Å². The molecule has 0 unspecified atom stereocenters. The number of benzene rings is 3. The number of anilines is 2. The third-order valence-electron chi connectivity index (χ3n) is 6.52. The van der Waals surface area contributed by atoms with Crippen LogP contribution in [0.5, 0.6) is 0 Å². The van der Waals surface area contributed by atoms with Crippen molar-refractivity contribution in [1.29, 1.82) is 0 Å². The van der Waals surface area contributed by atoms with E-state index in [0.29, 0.717) is 41.1 Å². The molecule has 3 aromatic carbocycles. The van der Waals surface area contributed by atoms with E-state index >= 15 is 0 Å². The van der Waals surface area contributed by atoms with Crippen molar-refractivity contribution in [2.24, 2.45) is 4.99 Å². The summed E-state index contributed by atoms with van der Waals surface area (Å²) in [6.45, 7) is 6.33. The molecule has 0 saturated carbocycles. The second kappa shape index (κ2) is 11.6. The molecule has 5 rings (SSSR count). The number of para-hydroxylation sites is 2. The van der Waals surface area contributed by atoms with Crippen LogP contribution in [0.1, 0.15) is 34.3 Å². The lowest BCUT2D eigenvalue weighted by Gasteiger charge is -2.33. The highest BCUT2D eigenvalue weighted by Crippen LogP contribution is 2.31. The van der Waals surface area contributed by atoms with Crippen LogP contribution in [0.3, 0.4) is 0 Å². The number of nitrogens with one attached hydrogen (secondary N) is 3. The summed E-state index contributed by atoms with van der Waals surface area (Å²) in [5.74, 6) is -0.0142. The Kier molecular flexibility index (Phi) is 7.82. The van der Waals surface area contributed by atoms with Gasteiger partial charge in [0.15, 0.2) is 0 Å². The lowest BCUT2D eigenvalue weighted by Crippen LogP contribution is -2.52. The molecule has 4 aromatic rings. The summed E-state index contributed by atoms with van der Waals surface area (Å²) in [6, 6.07) is 16.7. The number of hydrazine groups is 1. The molecule has 0 aliphatic carbocycles. The lowest BCUT2D eigenvalue weighted by atomic mass is 10.1. The van der Waals surface area contributed by atoms with Gasteiger partial charge >= 0.3 is 0 Å². The molecule has 1 aliphatic heterocycles. The van der Waals surface area contributed by atoms with Gasteiger partial charge in [0.2, 0.25) is 5.96 Å².